The zero-order valence-corrected chi connectivity index (χ0v) is 12.6. The van der Waals surface area contributed by atoms with Gasteiger partial charge in [0.05, 0.1) is 22.8 Å². The fourth-order valence-corrected chi connectivity index (χ4v) is 2.22. The van der Waals surface area contributed by atoms with E-state index >= 15 is 0 Å². The summed E-state index contributed by atoms with van der Waals surface area (Å²) < 4.78 is 0. The topological polar surface area (TPSA) is 68.1 Å². The van der Waals surface area contributed by atoms with Gasteiger partial charge < -0.3 is 5.32 Å². The van der Waals surface area contributed by atoms with Crippen LogP contribution in [0.2, 0.25) is 5.15 Å². The Morgan fingerprint density at radius 2 is 2.19 bits per heavy atom. The van der Waals surface area contributed by atoms with E-state index in [0.29, 0.717) is 5.15 Å². The number of benzene rings is 1. The molecule has 1 unspecified atom stereocenters. The van der Waals surface area contributed by atoms with Crippen LogP contribution in [-0.2, 0) is 0 Å². The van der Waals surface area contributed by atoms with Crippen LogP contribution in [0.3, 0.4) is 0 Å². The lowest BCUT2D eigenvalue weighted by molar-refractivity contribution is -0.384. The molecule has 0 aliphatic heterocycles. The Kier molecular flexibility index (Phi) is 4.75. The number of pyridine rings is 1. The van der Waals surface area contributed by atoms with Crippen molar-refractivity contribution in [3.05, 3.63) is 62.9 Å². The van der Waals surface area contributed by atoms with Gasteiger partial charge in [-0.15, -0.1) is 0 Å². The van der Waals surface area contributed by atoms with E-state index in [1.54, 1.807) is 18.3 Å². The molecule has 0 aliphatic carbocycles. The number of nitro groups is 1. The quantitative estimate of drug-likeness (QED) is 0.501. The van der Waals surface area contributed by atoms with Crippen molar-refractivity contribution in [3.8, 4) is 0 Å². The molecule has 0 aliphatic rings. The van der Waals surface area contributed by atoms with E-state index in [0.717, 1.165) is 23.2 Å². The average Bonchev–Trinajstić information content (AvgIpc) is 2.48. The Morgan fingerprint density at radius 1 is 1.43 bits per heavy atom. The maximum Gasteiger partial charge on any atom is 0.269 e. The highest BCUT2D eigenvalue weighted by molar-refractivity contribution is 6.30. The van der Waals surface area contributed by atoms with Crippen LogP contribution < -0.4 is 5.32 Å². The van der Waals surface area contributed by atoms with Gasteiger partial charge in [-0.2, -0.15) is 0 Å². The number of non-ortho nitro benzene ring substituents is 1. The van der Waals surface area contributed by atoms with E-state index in [4.69, 9.17) is 11.6 Å². The third-order valence-electron chi connectivity index (χ3n) is 3.25. The van der Waals surface area contributed by atoms with Crippen LogP contribution in [-0.4, -0.2) is 9.91 Å². The molecule has 0 amide bonds. The van der Waals surface area contributed by atoms with Gasteiger partial charge in [-0.25, -0.2) is 4.98 Å². The lowest BCUT2D eigenvalue weighted by atomic mass is 10.0. The van der Waals surface area contributed by atoms with Gasteiger partial charge in [0.15, 0.2) is 0 Å². The minimum absolute atomic E-state index is 0.0210. The number of nitrogens with one attached hydrogen (secondary N) is 1. The molecule has 110 valence electrons. The second kappa shape index (κ2) is 6.54. The van der Waals surface area contributed by atoms with Gasteiger partial charge in [-0.3, -0.25) is 10.1 Å². The summed E-state index contributed by atoms with van der Waals surface area (Å²) in [7, 11) is 0. The van der Waals surface area contributed by atoms with Crippen LogP contribution in [0.1, 0.15) is 30.5 Å². The third-order valence-corrected chi connectivity index (χ3v) is 3.64. The summed E-state index contributed by atoms with van der Waals surface area (Å²) in [6, 6.07) is 8.55. The van der Waals surface area contributed by atoms with Crippen molar-refractivity contribution < 1.29 is 4.92 Å². The molecule has 0 fully saturated rings. The summed E-state index contributed by atoms with van der Waals surface area (Å²) in [5, 5.41) is 14.7. The second-order valence-corrected chi connectivity index (χ2v) is 5.15. The van der Waals surface area contributed by atoms with Crippen molar-refractivity contribution in [1.82, 2.24) is 4.98 Å². The van der Waals surface area contributed by atoms with Gasteiger partial charge in [-0.1, -0.05) is 30.7 Å². The molecular formula is C15H16ClN3O2. The molecule has 1 N–H and O–H groups in total. The zero-order chi connectivity index (χ0) is 15.4. The SMILES string of the molecule is CCC(Nc1cnc(Cl)c(C)c1)c1cccc([N+](=O)[O-])c1. The molecule has 21 heavy (non-hydrogen) atoms. The molecule has 0 radical (unpaired) electrons. The monoisotopic (exact) mass is 305 g/mol. The van der Waals surface area contributed by atoms with Crippen LogP contribution in [0.25, 0.3) is 0 Å². The van der Waals surface area contributed by atoms with Crippen molar-refractivity contribution in [2.75, 3.05) is 5.32 Å². The first-order valence-electron chi connectivity index (χ1n) is 6.64. The minimum Gasteiger partial charge on any atom is -0.377 e. The maximum atomic E-state index is 10.9. The summed E-state index contributed by atoms with van der Waals surface area (Å²) in [6.45, 7) is 3.90. The van der Waals surface area contributed by atoms with E-state index < -0.39 is 0 Å². The highest BCUT2D eigenvalue weighted by Gasteiger charge is 2.13. The van der Waals surface area contributed by atoms with E-state index in [1.165, 1.54) is 6.07 Å². The summed E-state index contributed by atoms with van der Waals surface area (Å²) >= 11 is 5.91. The third kappa shape index (κ3) is 3.70. The summed E-state index contributed by atoms with van der Waals surface area (Å²) in [5.74, 6) is 0. The van der Waals surface area contributed by atoms with Crippen molar-refractivity contribution in [2.24, 2.45) is 0 Å². The fourth-order valence-electron chi connectivity index (χ4n) is 2.11. The van der Waals surface area contributed by atoms with Crippen LogP contribution in [0.15, 0.2) is 36.5 Å². The van der Waals surface area contributed by atoms with Crippen LogP contribution >= 0.6 is 11.6 Å². The van der Waals surface area contributed by atoms with E-state index in [2.05, 4.69) is 10.3 Å². The first-order valence-corrected chi connectivity index (χ1v) is 7.02. The van der Waals surface area contributed by atoms with Gasteiger partial charge in [0.2, 0.25) is 0 Å². The first kappa shape index (κ1) is 15.3. The molecule has 0 saturated carbocycles. The Balaban J connectivity index is 2.25. The molecule has 0 bridgehead atoms. The number of aromatic nitrogens is 1. The number of rotatable bonds is 5. The number of nitrogens with zero attached hydrogens (tertiary/aromatic N) is 2. The largest absolute Gasteiger partial charge is 0.377 e. The normalized spacial score (nSPS) is 12.0. The lowest BCUT2D eigenvalue weighted by Crippen LogP contribution is -2.10. The van der Waals surface area contributed by atoms with Crippen molar-refractivity contribution in [2.45, 2.75) is 26.3 Å². The van der Waals surface area contributed by atoms with Gasteiger partial charge in [-0.05, 0) is 30.5 Å². The predicted octanol–water partition coefficient (Wildman–Crippen LogP) is 4.51. The number of hydrogen-bond donors (Lipinski definition) is 1. The van der Waals surface area contributed by atoms with E-state index in [9.17, 15) is 10.1 Å². The van der Waals surface area contributed by atoms with Crippen LogP contribution in [0.4, 0.5) is 11.4 Å². The van der Waals surface area contributed by atoms with Gasteiger partial charge in [0.25, 0.3) is 5.69 Å². The Labute approximate surface area is 128 Å². The molecule has 1 heterocycles. The zero-order valence-electron chi connectivity index (χ0n) is 11.8. The minimum atomic E-state index is -0.385. The fraction of sp³-hybridized carbons (Fsp3) is 0.267. The van der Waals surface area contributed by atoms with Gasteiger partial charge >= 0.3 is 0 Å². The van der Waals surface area contributed by atoms with E-state index in [-0.39, 0.29) is 16.7 Å². The first-order chi connectivity index (χ1) is 10.0. The molecule has 1 aromatic heterocycles. The summed E-state index contributed by atoms with van der Waals surface area (Å²) in [4.78, 5) is 14.6. The molecule has 2 aromatic rings. The molecule has 2 rings (SSSR count). The average molecular weight is 306 g/mol. The predicted molar refractivity (Wildman–Crippen MR) is 83.7 cm³/mol. The number of halogens is 1. The molecule has 1 atom stereocenters. The number of aryl methyl sites for hydroxylation is 1. The molecule has 5 nitrogen and oxygen atoms in total. The number of nitro benzene ring substituents is 1. The maximum absolute atomic E-state index is 10.9. The van der Waals surface area contributed by atoms with Crippen molar-refractivity contribution in [3.63, 3.8) is 0 Å². The molecule has 1 aromatic carbocycles. The van der Waals surface area contributed by atoms with Crippen LogP contribution in [0.5, 0.6) is 0 Å². The Morgan fingerprint density at radius 3 is 2.81 bits per heavy atom. The molecule has 0 saturated heterocycles. The number of hydrogen-bond acceptors (Lipinski definition) is 4. The van der Waals surface area contributed by atoms with E-state index in [1.807, 2.05) is 26.0 Å². The smallest absolute Gasteiger partial charge is 0.269 e. The standard InChI is InChI=1S/C15H16ClN3O2/c1-3-14(11-5-4-6-13(8-11)19(20)21)18-12-7-10(2)15(16)17-9-12/h4-9,14,18H,3H2,1-2H3. The second-order valence-electron chi connectivity index (χ2n) is 4.79. The summed E-state index contributed by atoms with van der Waals surface area (Å²) in [5.41, 5.74) is 2.70. The van der Waals surface area contributed by atoms with Gasteiger partial charge in [0.1, 0.15) is 5.15 Å². The summed E-state index contributed by atoms with van der Waals surface area (Å²) in [6.07, 6.45) is 2.46. The molecule has 0 spiro atoms. The Bertz CT molecular complexity index is 661. The van der Waals surface area contributed by atoms with Crippen LogP contribution in [0, 0.1) is 17.0 Å². The molecular weight excluding hydrogens is 290 g/mol. The highest BCUT2D eigenvalue weighted by atomic mass is 35.5. The molecule has 6 heteroatoms. The van der Waals surface area contributed by atoms with Crippen molar-refractivity contribution >= 4 is 23.0 Å². The lowest BCUT2D eigenvalue weighted by Gasteiger charge is -2.19. The number of anilines is 1. The van der Waals surface area contributed by atoms with Crippen molar-refractivity contribution in [1.29, 1.82) is 0 Å². The Hall–Kier alpha value is -2.14. The van der Waals surface area contributed by atoms with Gasteiger partial charge in [0, 0.05) is 12.1 Å². The highest BCUT2D eigenvalue weighted by Crippen LogP contribution is 2.26.